The molecule has 0 unspecified atom stereocenters. The Morgan fingerprint density at radius 2 is 2.00 bits per heavy atom. The maximum absolute atomic E-state index is 10.7. The van der Waals surface area contributed by atoms with Crippen LogP contribution in [0.4, 0.5) is 17.1 Å². The van der Waals surface area contributed by atoms with E-state index in [9.17, 15) is 10.1 Å². The minimum Gasteiger partial charge on any atom is -0.388 e. The van der Waals surface area contributed by atoms with E-state index < -0.39 is 0 Å². The Labute approximate surface area is 95.0 Å². The molecular formula is C11H17N3O2. The number of nitrogens with zero attached hydrogens (tertiary/aromatic N) is 1. The molecule has 0 bridgehead atoms. The third-order valence-electron chi connectivity index (χ3n) is 2.28. The first-order valence-corrected chi connectivity index (χ1v) is 5.38. The van der Waals surface area contributed by atoms with Crippen LogP contribution in [0.25, 0.3) is 0 Å². The van der Waals surface area contributed by atoms with Gasteiger partial charge in [-0.1, -0.05) is 13.3 Å². The van der Waals surface area contributed by atoms with Crippen molar-refractivity contribution in [1.82, 2.24) is 0 Å². The Morgan fingerprint density at radius 1 is 1.31 bits per heavy atom. The second-order valence-corrected chi connectivity index (χ2v) is 3.56. The van der Waals surface area contributed by atoms with Crippen molar-refractivity contribution in [2.75, 3.05) is 24.2 Å². The van der Waals surface area contributed by atoms with Crippen molar-refractivity contribution < 1.29 is 4.92 Å². The summed E-state index contributed by atoms with van der Waals surface area (Å²) in [6.07, 6.45) is 2.15. The molecule has 0 radical (unpaired) electrons. The molecule has 0 aromatic heterocycles. The van der Waals surface area contributed by atoms with Crippen molar-refractivity contribution >= 4 is 17.1 Å². The highest BCUT2D eigenvalue weighted by molar-refractivity contribution is 5.63. The van der Waals surface area contributed by atoms with Crippen LogP contribution >= 0.6 is 0 Å². The van der Waals surface area contributed by atoms with Crippen LogP contribution in [0.3, 0.4) is 0 Å². The molecule has 2 N–H and O–H groups in total. The van der Waals surface area contributed by atoms with Gasteiger partial charge in [-0.2, -0.15) is 0 Å². The fourth-order valence-corrected chi connectivity index (χ4v) is 1.37. The van der Waals surface area contributed by atoms with Gasteiger partial charge in [0, 0.05) is 37.1 Å². The van der Waals surface area contributed by atoms with E-state index in [0.717, 1.165) is 30.8 Å². The second-order valence-electron chi connectivity index (χ2n) is 3.56. The SMILES string of the molecule is CCCCNc1cc(NC)cc([N+](=O)[O-])c1. The molecule has 0 amide bonds. The molecule has 1 aromatic carbocycles. The Hall–Kier alpha value is -1.78. The van der Waals surface area contributed by atoms with E-state index in [-0.39, 0.29) is 10.6 Å². The van der Waals surface area contributed by atoms with Gasteiger partial charge in [0.1, 0.15) is 0 Å². The number of non-ortho nitro benzene ring substituents is 1. The minimum absolute atomic E-state index is 0.103. The number of nitro benzene ring substituents is 1. The van der Waals surface area contributed by atoms with Gasteiger partial charge in [-0.05, 0) is 12.5 Å². The average Bonchev–Trinajstić information content (AvgIpc) is 2.29. The molecule has 0 aliphatic heterocycles. The molecule has 16 heavy (non-hydrogen) atoms. The Morgan fingerprint density at radius 3 is 2.56 bits per heavy atom. The highest BCUT2D eigenvalue weighted by Gasteiger charge is 2.08. The fourth-order valence-electron chi connectivity index (χ4n) is 1.37. The van der Waals surface area contributed by atoms with Gasteiger partial charge < -0.3 is 10.6 Å². The van der Waals surface area contributed by atoms with Gasteiger partial charge in [-0.3, -0.25) is 10.1 Å². The maximum atomic E-state index is 10.7. The molecule has 0 atom stereocenters. The lowest BCUT2D eigenvalue weighted by Gasteiger charge is -2.07. The van der Waals surface area contributed by atoms with Crippen LogP contribution in [0, 0.1) is 10.1 Å². The minimum atomic E-state index is -0.383. The summed E-state index contributed by atoms with van der Waals surface area (Å²) >= 11 is 0. The average molecular weight is 223 g/mol. The largest absolute Gasteiger partial charge is 0.388 e. The van der Waals surface area contributed by atoms with E-state index in [1.165, 1.54) is 6.07 Å². The highest BCUT2D eigenvalue weighted by atomic mass is 16.6. The molecule has 1 rings (SSSR count). The van der Waals surface area contributed by atoms with Crippen molar-refractivity contribution in [1.29, 1.82) is 0 Å². The summed E-state index contributed by atoms with van der Waals surface area (Å²) in [5.41, 5.74) is 1.63. The molecule has 5 heteroatoms. The van der Waals surface area contributed by atoms with Crippen LogP contribution < -0.4 is 10.6 Å². The van der Waals surface area contributed by atoms with Crippen LogP contribution in [0.5, 0.6) is 0 Å². The van der Waals surface area contributed by atoms with E-state index in [1.807, 2.05) is 6.07 Å². The predicted octanol–water partition coefficient (Wildman–Crippen LogP) is 2.85. The van der Waals surface area contributed by atoms with Gasteiger partial charge in [0.05, 0.1) is 4.92 Å². The highest BCUT2D eigenvalue weighted by Crippen LogP contribution is 2.23. The normalized spacial score (nSPS) is 9.88. The molecule has 0 spiro atoms. The predicted molar refractivity (Wildman–Crippen MR) is 66.0 cm³/mol. The summed E-state index contributed by atoms with van der Waals surface area (Å²) in [7, 11) is 1.74. The van der Waals surface area contributed by atoms with Gasteiger partial charge in [0.25, 0.3) is 5.69 Å². The number of benzene rings is 1. The van der Waals surface area contributed by atoms with Crippen LogP contribution in [0.2, 0.25) is 0 Å². The zero-order chi connectivity index (χ0) is 12.0. The third kappa shape index (κ3) is 3.42. The lowest BCUT2D eigenvalue weighted by atomic mass is 10.2. The number of hydrogen-bond donors (Lipinski definition) is 2. The van der Waals surface area contributed by atoms with Crippen molar-refractivity contribution in [3.8, 4) is 0 Å². The van der Waals surface area contributed by atoms with Crippen molar-refractivity contribution in [2.45, 2.75) is 19.8 Å². The molecule has 1 aromatic rings. The van der Waals surface area contributed by atoms with Crippen LogP contribution in [-0.2, 0) is 0 Å². The Balaban J connectivity index is 2.82. The number of nitrogens with one attached hydrogen (secondary N) is 2. The summed E-state index contributed by atoms with van der Waals surface area (Å²) < 4.78 is 0. The summed E-state index contributed by atoms with van der Waals surface area (Å²) in [6.45, 7) is 2.94. The molecule has 0 fully saturated rings. The van der Waals surface area contributed by atoms with E-state index in [0.29, 0.717) is 0 Å². The summed E-state index contributed by atoms with van der Waals surface area (Å²) in [4.78, 5) is 10.3. The Bertz CT molecular complexity index is 366. The standard InChI is InChI=1S/C11H17N3O2/c1-3-4-5-13-10-6-9(12-2)7-11(8-10)14(15)16/h6-8,12-13H,3-5H2,1-2H3. The number of nitro groups is 1. The third-order valence-corrected chi connectivity index (χ3v) is 2.28. The zero-order valence-corrected chi connectivity index (χ0v) is 9.62. The maximum Gasteiger partial charge on any atom is 0.273 e. The van der Waals surface area contributed by atoms with Crippen LogP contribution in [-0.4, -0.2) is 18.5 Å². The lowest BCUT2D eigenvalue weighted by Crippen LogP contribution is -2.02. The summed E-state index contributed by atoms with van der Waals surface area (Å²) in [5.74, 6) is 0. The molecule has 0 aliphatic carbocycles. The van der Waals surface area contributed by atoms with E-state index in [2.05, 4.69) is 17.6 Å². The van der Waals surface area contributed by atoms with Gasteiger partial charge in [-0.15, -0.1) is 0 Å². The van der Waals surface area contributed by atoms with Crippen LogP contribution in [0.15, 0.2) is 18.2 Å². The van der Waals surface area contributed by atoms with Gasteiger partial charge >= 0.3 is 0 Å². The van der Waals surface area contributed by atoms with E-state index in [4.69, 9.17) is 0 Å². The van der Waals surface area contributed by atoms with Crippen molar-refractivity contribution in [2.24, 2.45) is 0 Å². The van der Waals surface area contributed by atoms with Gasteiger partial charge in [-0.25, -0.2) is 0 Å². The van der Waals surface area contributed by atoms with Crippen molar-refractivity contribution in [3.63, 3.8) is 0 Å². The second kappa shape index (κ2) is 5.95. The fraction of sp³-hybridized carbons (Fsp3) is 0.455. The number of hydrogen-bond acceptors (Lipinski definition) is 4. The molecule has 0 heterocycles. The zero-order valence-electron chi connectivity index (χ0n) is 9.62. The first-order valence-electron chi connectivity index (χ1n) is 5.38. The van der Waals surface area contributed by atoms with E-state index >= 15 is 0 Å². The summed E-state index contributed by atoms with van der Waals surface area (Å²) in [5, 5.41) is 16.8. The molecule has 0 saturated carbocycles. The summed E-state index contributed by atoms with van der Waals surface area (Å²) in [6, 6.07) is 4.93. The monoisotopic (exact) mass is 223 g/mol. The van der Waals surface area contributed by atoms with Gasteiger partial charge in [0.15, 0.2) is 0 Å². The smallest absolute Gasteiger partial charge is 0.273 e. The number of unbranched alkanes of at least 4 members (excludes halogenated alkanes) is 1. The lowest BCUT2D eigenvalue weighted by molar-refractivity contribution is -0.384. The quantitative estimate of drug-likeness (QED) is 0.442. The van der Waals surface area contributed by atoms with E-state index in [1.54, 1.807) is 13.1 Å². The Kier molecular flexibility index (Phi) is 4.57. The van der Waals surface area contributed by atoms with Crippen molar-refractivity contribution in [3.05, 3.63) is 28.3 Å². The van der Waals surface area contributed by atoms with Crippen LogP contribution in [0.1, 0.15) is 19.8 Å². The molecular weight excluding hydrogens is 206 g/mol. The van der Waals surface area contributed by atoms with Gasteiger partial charge in [0.2, 0.25) is 0 Å². The topological polar surface area (TPSA) is 67.2 Å². The molecule has 5 nitrogen and oxygen atoms in total. The molecule has 0 saturated heterocycles. The number of anilines is 2. The number of rotatable bonds is 6. The molecule has 88 valence electrons. The molecule has 0 aliphatic rings. The first kappa shape index (κ1) is 12.3. The first-order chi connectivity index (χ1) is 7.67.